The third-order valence-corrected chi connectivity index (χ3v) is 4.14. The molecule has 2 aromatic heterocycles. The van der Waals surface area contributed by atoms with Crippen LogP contribution in [0.5, 0.6) is 17.4 Å². The van der Waals surface area contributed by atoms with Crippen molar-refractivity contribution < 1.29 is 14.9 Å². The van der Waals surface area contributed by atoms with Crippen LogP contribution in [0.3, 0.4) is 0 Å². The maximum atomic E-state index is 9.78. The number of phenolic OH excluding ortho intramolecular Hbond substituents is 2. The summed E-state index contributed by atoms with van der Waals surface area (Å²) < 4.78 is 5.34. The molecule has 0 aliphatic carbocycles. The van der Waals surface area contributed by atoms with Crippen molar-refractivity contribution in [2.75, 3.05) is 7.11 Å². The smallest absolute Gasteiger partial charge is 0.213 e. The lowest BCUT2D eigenvalue weighted by molar-refractivity contribution is 0.397. The molecule has 24 heavy (non-hydrogen) atoms. The van der Waals surface area contributed by atoms with Gasteiger partial charge < -0.3 is 19.9 Å². The largest absolute Gasteiger partial charge is 0.508 e. The van der Waals surface area contributed by atoms with E-state index < -0.39 is 0 Å². The van der Waals surface area contributed by atoms with Gasteiger partial charge in [0.1, 0.15) is 11.5 Å². The number of nitrogens with zero attached hydrogens (tertiary/aromatic N) is 1. The van der Waals surface area contributed by atoms with Crippen molar-refractivity contribution in [2.24, 2.45) is 0 Å². The van der Waals surface area contributed by atoms with E-state index in [1.54, 1.807) is 31.4 Å². The predicted molar refractivity (Wildman–Crippen MR) is 92.7 cm³/mol. The van der Waals surface area contributed by atoms with E-state index in [9.17, 15) is 10.2 Å². The highest BCUT2D eigenvalue weighted by molar-refractivity contribution is 6.08. The minimum Gasteiger partial charge on any atom is -0.508 e. The lowest BCUT2D eigenvalue weighted by Crippen LogP contribution is -1.97. The van der Waals surface area contributed by atoms with Crippen LogP contribution in [0.2, 0.25) is 0 Å². The first-order chi connectivity index (χ1) is 11.6. The standard InChI is InChI=1S/C19H16N2O3/c1-24-18-10-15-14-9-13(23)6-7-16(14)21-19(15)17(20-18)8-11-2-4-12(22)5-3-11/h2-7,9-10,21-23H,8H2,1H3. The quantitative estimate of drug-likeness (QED) is 0.537. The minimum atomic E-state index is 0.222. The number of rotatable bonds is 3. The molecule has 4 rings (SSSR count). The van der Waals surface area contributed by atoms with Crippen LogP contribution in [0.4, 0.5) is 0 Å². The fourth-order valence-corrected chi connectivity index (χ4v) is 2.96. The molecule has 0 spiro atoms. The maximum Gasteiger partial charge on any atom is 0.213 e. The molecule has 0 radical (unpaired) electrons. The van der Waals surface area contributed by atoms with Crippen LogP contribution in [0.15, 0.2) is 48.5 Å². The van der Waals surface area contributed by atoms with E-state index in [2.05, 4.69) is 9.97 Å². The molecule has 5 heteroatoms. The summed E-state index contributed by atoms with van der Waals surface area (Å²) in [4.78, 5) is 7.95. The second kappa shape index (κ2) is 5.45. The SMILES string of the molecule is COc1cc2c([nH]c3ccc(O)cc32)c(Cc2ccc(O)cc2)n1. The minimum absolute atomic E-state index is 0.222. The Morgan fingerprint density at radius 2 is 1.71 bits per heavy atom. The third kappa shape index (κ3) is 2.40. The lowest BCUT2D eigenvalue weighted by Gasteiger charge is -2.06. The first kappa shape index (κ1) is 14.4. The maximum absolute atomic E-state index is 9.78. The number of fused-ring (bicyclic) bond motifs is 3. The van der Waals surface area contributed by atoms with Gasteiger partial charge in [-0.2, -0.15) is 0 Å². The highest BCUT2D eigenvalue weighted by atomic mass is 16.5. The van der Waals surface area contributed by atoms with E-state index in [-0.39, 0.29) is 11.5 Å². The van der Waals surface area contributed by atoms with Gasteiger partial charge in [-0.1, -0.05) is 12.1 Å². The summed E-state index contributed by atoms with van der Waals surface area (Å²) in [6.45, 7) is 0. The van der Waals surface area contributed by atoms with Crippen LogP contribution in [-0.2, 0) is 6.42 Å². The molecule has 3 N–H and O–H groups in total. The Bertz CT molecular complexity index is 1040. The van der Waals surface area contributed by atoms with Gasteiger partial charge in [0.2, 0.25) is 5.88 Å². The number of aromatic amines is 1. The second-order valence-electron chi connectivity index (χ2n) is 5.73. The molecule has 0 saturated carbocycles. The molecule has 0 unspecified atom stereocenters. The van der Waals surface area contributed by atoms with Crippen LogP contribution in [0, 0.1) is 0 Å². The van der Waals surface area contributed by atoms with Crippen molar-refractivity contribution in [3.8, 4) is 17.4 Å². The number of phenols is 2. The Labute approximate surface area is 138 Å². The van der Waals surface area contributed by atoms with E-state index in [4.69, 9.17) is 4.74 Å². The van der Waals surface area contributed by atoms with Crippen LogP contribution in [0.1, 0.15) is 11.3 Å². The van der Waals surface area contributed by atoms with Gasteiger partial charge in [-0.05, 0) is 35.9 Å². The monoisotopic (exact) mass is 320 g/mol. The molecule has 0 amide bonds. The topological polar surface area (TPSA) is 78.4 Å². The van der Waals surface area contributed by atoms with E-state index in [1.807, 2.05) is 24.3 Å². The van der Waals surface area contributed by atoms with Gasteiger partial charge in [0.15, 0.2) is 0 Å². The average molecular weight is 320 g/mol. The van der Waals surface area contributed by atoms with Crippen molar-refractivity contribution in [1.82, 2.24) is 9.97 Å². The van der Waals surface area contributed by atoms with Crippen molar-refractivity contribution >= 4 is 21.8 Å². The highest BCUT2D eigenvalue weighted by Gasteiger charge is 2.13. The van der Waals surface area contributed by atoms with Crippen molar-refractivity contribution in [3.05, 3.63) is 59.8 Å². The summed E-state index contributed by atoms with van der Waals surface area (Å²) in [7, 11) is 1.59. The summed E-state index contributed by atoms with van der Waals surface area (Å²) in [5.74, 6) is 0.989. The van der Waals surface area contributed by atoms with Crippen LogP contribution >= 0.6 is 0 Å². The average Bonchev–Trinajstić information content (AvgIpc) is 2.95. The fraction of sp³-hybridized carbons (Fsp3) is 0.105. The summed E-state index contributed by atoms with van der Waals surface area (Å²) in [6, 6.07) is 14.2. The van der Waals surface area contributed by atoms with Crippen LogP contribution < -0.4 is 4.74 Å². The number of nitrogens with one attached hydrogen (secondary N) is 1. The van der Waals surface area contributed by atoms with Gasteiger partial charge in [-0.15, -0.1) is 0 Å². The molecule has 120 valence electrons. The van der Waals surface area contributed by atoms with Gasteiger partial charge in [0, 0.05) is 28.8 Å². The molecule has 0 bridgehead atoms. The Morgan fingerprint density at radius 3 is 2.46 bits per heavy atom. The molecule has 0 fully saturated rings. The summed E-state index contributed by atoms with van der Waals surface area (Å²) >= 11 is 0. The Balaban J connectivity index is 1.92. The number of benzene rings is 2. The van der Waals surface area contributed by atoms with Crippen molar-refractivity contribution in [2.45, 2.75) is 6.42 Å². The zero-order valence-corrected chi connectivity index (χ0v) is 13.1. The summed E-state index contributed by atoms with van der Waals surface area (Å²) in [5.41, 5.74) is 3.75. The van der Waals surface area contributed by atoms with E-state index in [0.29, 0.717) is 12.3 Å². The number of hydrogen-bond acceptors (Lipinski definition) is 4. The number of methoxy groups -OCH3 is 1. The molecule has 2 heterocycles. The molecule has 0 aliphatic heterocycles. The highest BCUT2D eigenvalue weighted by Crippen LogP contribution is 2.32. The van der Waals surface area contributed by atoms with E-state index in [1.165, 1.54) is 0 Å². The predicted octanol–water partition coefficient (Wildman–Crippen LogP) is 3.73. The van der Waals surface area contributed by atoms with Crippen LogP contribution in [0.25, 0.3) is 21.8 Å². The summed E-state index contributed by atoms with van der Waals surface area (Å²) in [5, 5.41) is 21.1. The second-order valence-corrected chi connectivity index (χ2v) is 5.73. The lowest BCUT2D eigenvalue weighted by atomic mass is 10.1. The van der Waals surface area contributed by atoms with Gasteiger partial charge in [-0.25, -0.2) is 4.98 Å². The molecular formula is C19H16N2O3. The summed E-state index contributed by atoms with van der Waals surface area (Å²) in [6.07, 6.45) is 0.604. The molecule has 2 aromatic carbocycles. The van der Waals surface area contributed by atoms with Crippen molar-refractivity contribution in [1.29, 1.82) is 0 Å². The zero-order valence-electron chi connectivity index (χ0n) is 13.1. The van der Waals surface area contributed by atoms with E-state index in [0.717, 1.165) is 33.1 Å². The first-order valence-electron chi connectivity index (χ1n) is 7.60. The molecule has 0 saturated heterocycles. The number of H-pyrrole nitrogens is 1. The fourth-order valence-electron chi connectivity index (χ4n) is 2.96. The zero-order chi connectivity index (χ0) is 16.7. The van der Waals surface area contributed by atoms with Crippen molar-refractivity contribution in [3.63, 3.8) is 0 Å². The van der Waals surface area contributed by atoms with Gasteiger partial charge >= 0.3 is 0 Å². The van der Waals surface area contributed by atoms with Gasteiger partial charge in [0.25, 0.3) is 0 Å². The molecule has 4 aromatic rings. The van der Waals surface area contributed by atoms with Gasteiger partial charge in [-0.3, -0.25) is 0 Å². The van der Waals surface area contributed by atoms with E-state index >= 15 is 0 Å². The molecule has 0 aliphatic rings. The number of aromatic nitrogens is 2. The number of aromatic hydroxyl groups is 2. The third-order valence-electron chi connectivity index (χ3n) is 4.14. The number of ether oxygens (including phenoxy) is 1. The number of pyridine rings is 1. The Hall–Kier alpha value is -3.21. The Kier molecular flexibility index (Phi) is 3.27. The first-order valence-corrected chi connectivity index (χ1v) is 7.60. The molecular weight excluding hydrogens is 304 g/mol. The van der Waals surface area contributed by atoms with Gasteiger partial charge in [0.05, 0.1) is 18.3 Å². The van der Waals surface area contributed by atoms with Crippen LogP contribution in [-0.4, -0.2) is 27.3 Å². The normalized spacial score (nSPS) is 11.2. The Morgan fingerprint density at radius 1 is 0.958 bits per heavy atom. The number of hydrogen-bond donors (Lipinski definition) is 3. The molecule has 5 nitrogen and oxygen atoms in total. The molecule has 0 atom stereocenters.